The van der Waals surface area contributed by atoms with Crippen molar-refractivity contribution in [1.82, 2.24) is 5.32 Å². The molecule has 0 fully saturated rings. The van der Waals surface area contributed by atoms with E-state index in [4.69, 9.17) is 11.6 Å². The maximum absolute atomic E-state index is 12.8. The fourth-order valence-electron chi connectivity index (χ4n) is 2.14. The fraction of sp³-hybridized carbons (Fsp3) is 0.0556. The molecule has 3 rings (SSSR count). The molecule has 0 saturated carbocycles. The van der Waals surface area contributed by atoms with Gasteiger partial charge in [0.25, 0.3) is 0 Å². The largest absolute Gasteiger partial charge is 0.348 e. The van der Waals surface area contributed by atoms with E-state index < -0.39 is 0 Å². The Kier molecular flexibility index (Phi) is 4.74. The van der Waals surface area contributed by atoms with Crippen molar-refractivity contribution in [2.24, 2.45) is 0 Å². The highest BCUT2D eigenvalue weighted by molar-refractivity contribution is 7.20. The van der Waals surface area contributed by atoms with E-state index in [0.29, 0.717) is 11.6 Å². The van der Waals surface area contributed by atoms with E-state index in [1.807, 2.05) is 24.3 Å². The van der Waals surface area contributed by atoms with Crippen LogP contribution in [0.25, 0.3) is 16.2 Å². The van der Waals surface area contributed by atoms with Crippen LogP contribution in [0.5, 0.6) is 0 Å². The smallest absolute Gasteiger partial charge is 0.244 e. The number of carbonyl (C=O) groups is 1. The average Bonchev–Trinajstić information content (AvgIpc) is 2.89. The number of halogens is 2. The molecule has 0 spiro atoms. The molecule has 23 heavy (non-hydrogen) atoms. The standard InChI is InChI=1S/C18H13ClFNOS/c19-18-14-3-1-2-4-15(14)23-16(18)9-10-17(22)21-11-12-5-7-13(20)8-6-12/h1-10H,11H2,(H,21,22)/b10-9+. The molecular weight excluding hydrogens is 333 g/mol. The minimum Gasteiger partial charge on any atom is -0.348 e. The van der Waals surface area contributed by atoms with E-state index in [0.717, 1.165) is 20.5 Å². The van der Waals surface area contributed by atoms with E-state index in [1.54, 1.807) is 29.5 Å². The Balaban J connectivity index is 1.65. The van der Waals surface area contributed by atoms with Crippen LogP contribution in [0, 0.1) is 5.82 Å². The van der Waals surface area contributed by atoms with Crippen LogP contribution < -0.4 is 5.32 Å². The topological polar surface area (TPSA) is 29.1 Å². The molecular formula is C18H13ClFNOS. The molecule has 116 valence electrons. The zero-order chi connectivity index (χ0) is 16.2. The van der Waals surface area contributed by atoms with E-state index >= 15 is 0 Å². The van der Waals surface area contributed by atoms with E-state index in [9.17, 15) is 9.18 Å². The number of rotatable bonds is 4. The lowest BCUT2D eigenvalue weighted by Gasteiger charge is -2.02. The van der Waals surface area contributed by atoms with Gasteiger partial charge in [-0.3, -0.25) is 4.79 Å². The summed E-state index contributed by atoms with van der Waals surface area (Å²) < 4.78 is 13.9. The summed E-state index contributed by atoms with van der Waals surface area (Å²) in [5.41, 5.74) is 0.841. The van der Waals surface area contributed by atoms with Crippen LogP contribution in [0.4, 0.5) is 4.39 Å². The first kappa shape index (κ1) is 15.7. The monoisotopic (exact) mass is 345 g/mol. The molecule has 0 aliphatic rings. The quantitative estimate of drug-likeness (QED) is 0.661. The van der Waals surface area contributed by atoms with E-state index in [1.165, 1.54) is 18.2 Å². The minimum atomic E-state index is -0.292. The number of thiophene rings is 1. The van der Waals surface area contributed by atoms with Gasteiger partial charge >= 0.3 is 0 Å². The van der Waals surface area contributed by atoms with Gasteiger partial charge < -0.3 is 5.32 Å². The third-order valence-electron chi connectivity index (χ3n) is 3.33. The van der Waals surface area contributed by atoms with Crippen molar-refractivity contribution in [1.29, 1.82) is 0 Å². The summed E-state index contributed by atoms with van der Waals surface area (Å²) in [6, 6.07) is 13.9. The SMILES string of the molecule is O=C(/C=C/c1sc2ccccc2c1Cl)NCc1ccc(F)cc1. The second kappa shape index (κ2) is 6.94. The zero-order valence-corrected chi connectivity index (χ0v) is 13.6. The van der Waals surface area contributed by atoms with Crippen LogP contribution in [0.2, 0.25) is 5.02 Å². The molecule has 0 atom stereocenters. The van der Waals surface area contributed by atoms with Crippen molar-refractivity contribution in [3.05, 3.63) is 75.9 Å². The van der Waals surface area contributed by atoms with E-state index in [-0.39, 0.29) is 11.7 Å². The molecule has 1 heterocycles. The lowest BCUT2D eigenvalue weighted by Crippen LogP contribution is -2.20. The molecule has 0 bridgehead atoms. The Morgan fingerprint density at radius 1 is 1.17 bits per heavy atom. The van der Waals surface area contributed by atoms with Gasteiger partial charge in [-0.15, -0.1) is 11.3 Å². The predicted octanol–water partition coefficient (Wildman–Crippen LogP) is 5.02. The molecule has 1 aromatic heterocycles. The molecule has 1 amide bonds. The minimum absolute atomic E-state index is 0.220. The number of benzene rings is 2. The molecule has 3 aromatic rings. The van der Waals surface area contributed by atoms with E-state index in [2.05, 4.69) is 5.32 Å². The molecule has 0 aliphatic heterocycles. The first-order valence-electron chi connectivity index (χ1n) is 7.01. The van der Waals surface area contributed by atoms with Crippen molar-refractivity contribution < 1.29 is 9.18 Å². The second-order valence-electron chi connectivity index (χ2n) is 4.95. The highest BCUT2D eigenvalue weighted by Gasteiger charge is 2.07. The Morgan fingerprint density at radius 3 is 2.65 bits per heavy atom. The lowest BCUT2D eigenvalue weighted by molar-refractivity contribution is -0.116. The summed E-state index contributed by atoms with van der Waals surface area (Å²) in [5.74, 6) is -0.512. The maximum Gasteiger partial charge on any atom is 0.244 e. The predicted molar refractivity (Wildman–Crippen MR) is 94.1 cm³/mol. The highest BCUT2D eigenvalue weighted by atomic mass is 35.5. The molecule has 1 N–H and O–H groups in total. The number of hydrogen-bond acceptors (Lipinski definition) is 2. The van der Waals surface area contributed by atoms with Crippen molar-refractivity contribution in [3.63, 3.8) is 0 Å². The second-order valence-corrected chi connectivity index (χ2v) is 6.42. The molecule has 0 saturated heterocycles. The molecule has 0 aliphatic carbocycles. The normalized spacial score (nSPS) is 11.2. The van der Waals surface area contributed by atoms with Crippen LogP contribution >= 0.6 is 22.9 Å². The first-order valence-corrected chi connectivity index (χ1v) is 8.20. The summed E-state index contributed by atoms with van der Waals surface area (Å²) in [6.07, 6.45) is 3.17. The Hall–Kier alpha value is -2.17. The van der Waals surface area contributed by atoms with Crippen LogP contribution in [0.15, 0.2) is 54.6 Å². The highest BCUT2D eigenvalue weighted by Crippen LogP contribution is 2.35. The Bertz CT molecular complexity index is 870. The van der Waals surface area contributed by atoms with Crippen molar-refractivity contribution in [2.75, 3.05) is 0 Å². The zero-order valence-electron chi connectivity index (χ0n) is 12.1. The molecule has 0 radical (unpaired) electrons. The van der Waals surface area contributed by atoms with Crippen molar-refractivity contribution >= 4 is 45.0 Å². The van der Waals surface area contributed by atoms with Crippen molar-refractivity contribution in [2.45, 2.75) is 6.54 Å². The fourth-order valence-corrected chi connectivity index (χ4v) is 3.54. The number of hydrogen-bond donors (Lipinski definition) is 1. The van der Waals surface area contributed by atoms with Crippen LogP contribution in [0.3, 0.4) is 0 Å². The maximum atomic E-state index is 12.8. The van der Waals surface area contributed by atoms with Gasteiger partial charge in [-0.1, -0.05) is 41.9 Å². The van der Waals surface area contributed by atoms with Gasteiger partial charge in [0.1, 0.15) is 5.82 Å². The third kappa shape index (κ3) is 3.78. The molecule has 2 aromatic carbocycles. The number of fused-ring (bicyclic) bond motifs is 1. The molecule has 2 nitrogen and oxygen atoms in total. The summed E-state index contributed by atoms with van der Waals surface area (Å²) in [4.78, 5) is 12.7. The summed E-state index contributed by atoms with van der Waals surface area (Å²) >= 11 is 7.86. The number of nitrogens with one attached hydrogen (secondary N) is 1. The van der Waals surface area contributed by atoms with Crippen LogP contribution in [-0.4, -0.2) is 5.91 Å². The summed E-state index contributed by atoms with van der Waals surface area (Å²) in [5, 5.41) is 4.41. The number of carbonyl (C=O) groups excluding carboxylic acids is 1. The average molecular weight is 346 g/mol. The van der Waals surface area contributed by atoms with Crippen LogP contribution in [-0.2, 0) is 11.3 Å². The van der Waals surface area contributed by atoms with Gasteiger partial charge in [-0.2, -0.15) is 0 Å². The molecule has 5 heteroatoms. The third-order valence-corrected chi connectivity index (χ3v) is 4.98. The lowest BCUT2D eigenvalue weighted by atomic mass is 10.2. The molecule has 0 unspecified atom stereocenters. The summed E-state index contributed by atoms with van der Waals surface area (Å²) in [6.45, 7) is 0.351. The van der Waals surface area contributed by atoms with Gasteiger partial charge in [0.2, 0.25) is 5.91 Å². The van der Waals surface area contributed by atoms with Crippen molar-refractivity contribution in [3.8, 4) is 0 Å². The van der Waals surface area contributed by atoms with Gasteiger partial charge in [-0.05, 0) is 29.8 Å². The Morgan fingerprint density at radius 2 is 1.91 bits per heavy atom. The Labute approximate surface area is 142 Å². The number of amides is 1. The summed E-state index contributed by atoms with van der Waals surface area (Å²) in [7, 11) is 0. The van der Waals surface area contributed by atoms with Gasteiger partial charge in [0, 0.05) is 27.6 Å². The van der Waals surface area contributed by atoms with Gasteiger partial charge in [0.05, 0.1) is 5.02 Å². The van der Waals surface area contributed by atoms with Gasteiger partial charge in [-0.25, -0.2) is 4.39 Å². The van der Waals surface area contributed by atoms with Crippen LogP contribution in [0.1, 0.15) is 10.4 Å². The van der Waals surface area contributed by atoms with Gasteiger partial charge in [0.15, 0.2) is 0 Å². The first-order chi connectivity index (χ1) is 11.1.